The lowest BCUT2D eigenvalue weighted by atomic mass is 10.6. The molecule has 0 radical (unpaired) electrons. The van der Waals surface area contributed by atoms with Gasteiger partial charge in [0.15, 0.2) is 0 Å². The zero-order valence-corrected chi connectivity index (χ0v) is 11.8. The van der Waals surface area contributed by atoms with Gasteiger partial charge in [0, 0.05) is 0 Å². The van der Waals surface area contributed by atoms with E-state index in [9.17, 15) is 0 Å². The Hall–Kier alpha value is -0.383. The molecule has 0 saturated carbocycles. The largest absolute Gasteiger partial charge is 0.153 e. The highest BCUT2D eigenvalue weighted by Crippen LogP contribution is 2.18. The van der Waals surface area contributed by atoms with Crippen molar-refractivity contribution in [1.82, 2.24) is 0 Å². The molecule has 0 saturated heterocycles. The molecule has 0 spiro atoms. The third-order valence-corrected chi connectivity index (χ3v) is 10.4. The van der Waals surface area contributed by atoms with E-state index in [2.05, 4.69) is 47.5 Å². The van der Waals surface area contributed by atoms with Crippen molar-refractivity contribution in [3.8, 4) is 0 Å². The van der Waals surface area contributed by atoms with Crippen LogP contribution in [0.1, 0.15) is 13.8 Å². The average Bonchev–Trinajstić information content (AvgIpc) is 2.92. The molecule has 3 heteroatoms. The van der Waals surface area contributed by atoms with Crippen molar-refractivity contribution in [2.75, 3.05) is 0 Å². The van der Waals surface area contributed by atoms with Crippen LogP contribution in [-0.4, -0.2) is 8.07 Å². The van der Waals surface area contributed by atoms with Crippen LogP contribution in [-0.2, 0) is 0 Å². The van der Waals surface area contributed by atoms with Gasteiger partial charge in [0.2, 0.25) is 0 Å². The maximum absolute atomic E-state index is 2.36. The van der Waals surface area contributed by atoms with Gasteiger partial charge in [-0.2, -0.15) is 22.7 Å². The van der Waals surface area contributed by atoms with Crippen LogP contribution in [0.4, 0.5) is 0 Å². The molecule has 2 heterocycles. The summed E-state index contributed by atoms with van der Waals surface area (Å²) in [6.45, 7) is 4.70. The average molecular weight is 252 g/mol. The SMILES string of the molecule is CC[Si](CC)(c1ccsc1)c1ccsc1. The van der Waals surface area contributed by atoms with Crippen LogP contribution in [0.2, 0.25) is 12.1 Å². The summed E-state index contributed by atoms with van der Waals surface area (Å²) in [6.07, 6.45) is 0. The first-order chi connectivity index (χ1) is 7.33. The molecule has 0 amide bonds. The van der Waals surface area contributed by atoms with Crippen molar-refractivity contribution in [3.63, 3.8) is 0 Å². The number of rotatable bonds is 4. The van der Waals surface area contributed by atoms with Crippen molar-refractivity contribution in [1.29, 1.82) is 0 Å². The second kappa shape index (κ2) is 4.64. The van der Waals surface area contributed by atoms with Crippen LogP contribution < -0.4 is 10.4 Å². The van der Waals surface area contributed by atoms with Crippen LogP contribution in [0.3, 0.4) is 0 Å². The minimum absolute atomic E-state index is 1.32. The molecule has 0 aliphatic heterocycles. The van der Waals surface area contributed by atoms with Gasteiger partial charge in [-0.3, -0.25) is 0 Å². The maximum Gasteiger partial charge on any atom is 0.119 e. The van der Waals surface area contributed by atoms with E-state index in [0.717, 1.165) is 0 Å². The molecule has 0 unspecified atom stereocenters. The van der Waals surface area contributed by atoms with E-state index in [0.29, 0.717) is 0 Å². The van der Waals surface area contributed by atoms with Crippen LogP contribution in [0, 0.1) is 0 Å². The van der Waals surface area contributed by atoms with Gasteiger partial charge in [0.05, 0.1) is 0 Å². The summed E-state index contributed by atoms with van der Waals surface area (Å²) >= 11 is 3.67. The number of thiophene rings is 2. The molecule has 80 valence electrons. The zero-order chi connectivity index (χ0) is 10.7. The molecule has 2 aromatic heterocycles. The summed E-state index contributed by atoms with van der Waals surface area (Å²) < 4.78 is 0. The summed E-state index contributed by atoms with van der Waals surface area (Å²) in [5.74, 6) is 0. The summed E-state index contributed by atoms with van der Waals surface area (Å²) in [7, 11) is -1.37. The molecule has 0 aliphatic rings. The minimum Gasteiger partial charge on any atom is -0.153 e. The summed E-state index contributed by atoms with van der Waals surface area (Å²) in [6, 6.07) is 7.30. The van der Waals surface area contributed by atoms with Gasteiger partial charge in [-0.25, -0.2) is 0 Å². The Bertz CT molecular complexity index is 349. The Morgan fingerprint density at radius 2 is 1.40 bits per heavy atom. The van der Waals surface area contributed by atoms with Crippen LogP contribution in [0.25, 0.3) is 0 Å². The van der Waals surface area contributed by atoms with E-state index < -0.39 is 8.07 Å². The highest BCUT2D eigenvalue weighted by Gasteiger charge is 2.33. The lowest BCUT2D eigenvalue weighted by Crippen LogP contribution is -2.56. The standard InChI is InChI=1S/C12H16S2Si/c1-3-15(4-2,11-5-7-13-9-11)12-6-8-14-10-12/h5-10H,3-4H2,1-2H3. The fraction of sp³-hybridized carbons (Fsp3) is 0.333. The Morgan fingerprint density at radius 3 is 1.67 bits per heavy atom. The topological polar surface area (TPSA) is 0 Å². The van der Waals surface area contributed by atoms with E-state index in [4.69, 9.17) is 0 Å². The smallest absolute Gasteiger partial charge is 0.119 e. The van der Waals surface area contributed by atoms with E-state index in [1.807, 2.05) is 22.7 Å². The van der Waals surface area contributed by atoms with E-state index in [1.165, 1.54) is 12.1 Å². The Balaban J connectivity index is 2.50. The molecule has 0 atom stereocenters. The Kier molecular flexibility index (Phi) is 3.44. The normalized spacial score (nSPS) is 11.9. The van der Waals surface area contributed by atoms with Crippen molar-refractivity contribution < 1.29 is 0 Å². The van der Waals surface area contributed by atoms with Crippen LogP contribution in [0.5, 0.6) is 0 Å². The van der Waals surface area contributed by atoms with Gasteiger partial charge < -0.3 is 0 Å². The molecule has 15 heavy (non-hydrogen) atoms. The quantitative estimate of drug-likeness (QED) is 0.732. The van der Waals surface area contributed by atoms with Gasteiger partial charge in [-0.15, -0.1) is 0 Å². The van der Waals surface area contributed by atoms with Gasteiger partial charge >= 0.3 is 0 Å². The van der Waals surface area contributed by atoms with Gasteiger partial charge in [0.1, 0.15) is 8.07 Å². The molecule has 0 fully saturated rings. The van der Waals surface area contributed by atoms with Crippen molar-refractivity contribution in [2.24, 2.45) is 0 Å². The fourth-order valence-electron chi connectivity index (χ4n) is 2.31. The molecule has 0 bridgehead atoms. The predicted molar refractivity (Wildman–Crippen MR) is 74.6 cm³/mol. The lowest BCUT2D eigenvalue weighted by Gasteiger charge is -2.28. The monoisotopic (exact) mass is 252 g/mol. The van der Waals surface area contributed by atoms with Gasteiger partial charge in [-0.1, -0.05) is 38.1 Å². The maximum atomic E-state index is 2.36. The van der Waals surface area contributed by atoms with Gasteiger partial charge in [-0.05, 0) is 31.9 Å². The zero-order valence-electron chi connectivity index (χ0n) is 9.19. The summed E-state index contributed by atoms with van der Waals surface area (Å²) in [5.41, 5.74) is 0. The molecule has 0 N–H and O–H groups in total. The Labute approximate surface area is 101 Å². The van der Waals surface area contributed by atoms with Crippen LogP contribution >= 0.6 is 22.7 Å². The number of hydrogen-bond acceptors (Lipinski definition) is 2. The van der Waals surface area contributed by atoms with E-state index in [1.54, 1.807) is 10.4 Å². The fourth-order valence-corrected chi connectivity index (χ4v) is 9.09. The molecular weight excluding hydrogens is 236 g/mol. The second-order valence-electron chi connectivity index (χ2n) is 3.81. The highest BCUT2D eigenvalue weighted by molar-refractivity contribution is 7.14. The molecule has 0 aliphatic carbocycles. The highest BCUT2D eigenvalue weighted by atomic mass is 32.1. The first-order valence-electron chi connectivity index (χ1n) is 5.39. The van der Waals surface area contributed by atoms with Crippen molar-refractivity contribution >= 4 is 41.1 Å². The van der Waals surface area contributed by atoms with Crippen molar-refractivity contribution in [3.05, 3.63) is 33.7 Å². The molecular formula is C12H16S2Si. The van der Waals surface area contributed by atoms with Crippen molar-refractivity contribution in [2.45, 2.75) is 25.9 Å². The third kappa shape index (κ3) is 1.84. The van der Waals surface area contributed by atoms with E-state index >= 15 is 0 Å². The number of hydrogen-bond donors (Lipinski definition) is 0. The first-order valence-corrected chi connectivity index (χ1v) is 9.69. The third-order valence-electron chi connectivity index (χ3n) is 3.35. The van der Waals surface area contributed by atoms with E-state index in [-0.39, 0.29) is 0 Å². The minimum atomic E-state index is -1.37. The molecule has 2 rings (SSSR count). The molecule has 0 aromatic carbocycles. The second-order valence-corrected chi connectivity index (χ2v) is 10.1. The lowest BCUT2D eigenvalue weighted by molar-refractivity contribution is 1.29. The molecule has 0 nitrogen and oxygen atoms in total. The van der Waals surface area contributed by atoms with Gasteiger partial charge in [0.25, 0.3) is 0 Å². The molecule has 2 aromatic rings. The van der Waals surface area contributed by atoms with Crippen LogP contribution in [0.15, 0.2) is 33.7 Å². The first kappa shape index (κ1) is 11.1. The summed E-state index contributed by atoms with van der Waals surface area (Å²) in [5, 5.41) is 12.4. The predicted octanol–water partition coefficient (Wildman–Crippen LogP) is 3.41. The summed E-state index contributed by atoms with van der Waals surface area (Å²) in [4.78, 5) is 0. The Morgan fingerprint density at radius 1 is 0.933 bits per heavy atom.